The van der Waals surface area contributed by atoms with Crippen LogP contribution in [0.4, 0.5) is 4.39 Å². The number of likely N-dealkylation sites (N-methyl/N-ethyl adjacent to an activating group) is 1. The zero-order valence-corrected chi connectivity index (χ0v) is 13.4. The molecule has 0 amide bonds. The fraction of sp³-hybridized carbons (Fsp3) is 0.389. The molecule has 1 fully saturated rings. The summed E-state index contributed by atoms with van der Waals surface area (Å²) in [5.41, 5.74) is 0.625. The van der Waals surface area contributed by atoms with Crippen LogP contribution < -0.4 is 5.43 Å². The summed E-state index contributed by atoms with van der Waals surface area (Å²) in [5.74, 6) is -0.377. The Morgan fingerprint density at radius 1 is 1.09 bits per heavy atom. The molecule has 0 N–H and O–H groups in total. The van der Waals surface area contributed by atoms with Crippen LogP contribution in [-0.4, -0.2) is 54.1 Å². The molecule has 0 bridgehead atoms. The van der Waals surface area contributed by atoms with Gasteiger partial charge in [-0.15, -0.1) is 0 Å². The molecule has 1 aromatic heterocycles. The van der Waals surface area contributed by atoms with Gasteiger partial charge in [0.15, 0.2) is 5.43 Å². The minimum absolute atomic E-state index is 0.142. The Balaban J connectivity index is 1.66. The molecule has 4 nitrogen and oxygen atoms in total. The fourth-order valence-corrected chi connectivity index (χ4v) is 2.89. The van der Waals surface area contributed by atoms with E-state index in [1.165, 1.54) is 18.2 Å². The number of hydrogen-bond donors (Lipinski definition) is 0. The average Bonchev–Trinajstić information content (AvgIpc) is 2.55. The highest BCUT2D eigenvalue weighted by Gasteiger charge is 2.11. The lowest BCUT2D eigenvalue weighted by molar-refractivity contribution is 0.166. The van der Waals surface area contributed by atoms with Gasteiger partial charge in [0.25, 0.3) is 0 Å². The molecule has 0 atom stereocenters. The van der Waals surface area contributed by atoms with Crippen LogP contribution in [0.1, 0.15) is 0 Å². The number of nitrogens with zero attached hydrogens (tertiary/aromatic N) is 3. The van der Waals surface area contributed by atoms with Crippen molar-refractivity contribution in [1.82, 2.24) is 14.4 Å². The number of benzene rings is 1. The van der Waals surface area contributed by atoms with Gasteiger partial charge < -0.3 is 9.47 Å². The molecule has 5 heteroatoms. The quantitative estimate of drug-likeness (QED) is 0.808. The van der Waals surface area contributed by atoms with Gasteiger partial charge in [-0.25, -0.2) is 4.39 Å². The molecule has 0 radical (unpaired) electrons. The lowest BCUT2D eigenvalue weighted by Gasteiger charge is -2.31. The Kier molecular flexibility index (Phi) is 4.88. The first-order valence-electron chi connectivity index (χ1n) is 7.98. The summed E-state index contributed by atoms with van der Waals surface area (Å²) >= 11 is 0. The van der Waals surface area contributed by atoms with Gasteiger partial charge in [0.05, 0.1) is 5.52 Å². The highest BCUT2D eigenvalue weighted by Crippen LogP contribution is 2.12. The number of allylic oxidation sites excluding steroid dienone is 1. The predicted molar refractivity (Wildman–Crippen MR) is 91.2 cm³/mol. The highest BCUT2D eigenvalue weighted by molar-refractivity contribution is 5.78. The van der Waals surface area contributed by atoms with Crippen LogP contribution in [0.15, 0.2) is 47.4 Å². The van der Waals surface area contributed by atoms with E-state index in [0.29, 0.717) is 11.9 Å². The number of hydrogen-bond acceptors (Lipinski definition) is 3. The first-order chi connectivity index (χ1) is 11.1. The van der Waals surface area contributed by atoms with Gasteiger partial charge in [-0.05, 0) is 25.2 Å². The van der Waals surface area contributed by atoms with E-state index < -0.39 is 0 Å². The number of aromatic nitrogens is 1. The second-order valence-corrected chi connectivity index (χ2v) is 6.07. The molecular weight excluding hydrogens is 293 g/mol. The van der Waals surface area contributed by atoms with Crippen molar-refractivity contribution >= 4 is 10.9 Å². The van der Waals surface area contributed by atoms with Crippen LogP contribution >= 0.6 is 0 Å². The minimum Gasteiger partial charge on any atom is -0.343 e. The molecule has 2 aromatic rings. The monoisotopic (exact) mass is 315 g/mol. The van der Waals surface area contributed by atoms with Crippen molar-refractivity contribution in [2.24, 2.45) is 0 Å². The second-order valence-electron chi connectivity index (χ2n) is 6.07. The Morgan fingerprint density at radius 3 is 2.61 bits per heavy atom. The summed E-state index contributed by atoms with van der Waals surface area (Å²) < 4.78 is 15.3. The maximum Gasteiger partial charge on any atom is 0.189 e. The van der Waals surface area contributed by atoms with Crippen LogP contribution in [0, 0.1) is 5.82 Å². The second kappa shape index (κ2) is 7.06. The van der Waals surface area contributed by atoms with E-state index in [0.717, 1.165) is 38.2 Å². The number of fused-ring (bicyclic) bond motifs is 1. The number of piperazine rings is 1. The predicted octanol–water partition coefficient (Wildman–Crippen LogP) is 1.94. The topological polar surface area (TPSA) is 28.5 Å². The summed E-state index contributed by atoms with van der Waals surface area (Å²) in [6.45, 7) is 6.05. The van der Waals surface area contributed by atoms with Gasteiger partial charge in [0.1, 0.15) is 5.82 Å². The lowest BCUT2D eigenvalue weighted by Crippen LogP contribution is -2.44. The Hall–Kier alpha value is -1.98. The van der Waals surface area contributed by atoms with E-state index in [1.54, 1.807) is 12.3 Å². The largest absolute Gasteiger partial charge is 0.343 e. The van der Waals surface area contributed by atoms with E-state index in [1.807, 2.05) is 4.57 Å². The van der Waals surface area contributed by atoms with Gasteiger partial charge in [-0.1, -0.05) is 12.2 Å². The maximum atomic E-state index is 13.3. The van der Waals surface area contributed by atoms with Gasteiger partial charge in [-0.3, -0.25) is 9.69 Å². The molecule has 2 heterocycles. The van der Waals surface area contributed by atoms with E-state index in [9.17, 15) is 9.18 Å². The molecule has 0 spiro atoms. The van der Waals surface area contributed by atoms with E-state index in [4.69, 9.17) is 0 Å². The molecule has 23 heavy (non-hydrogen) atoms. The highest BCUT2D eigenvalue weighted by atomic mass is 19.1. The Bertz CT molecular complexity index is 760. The van der Waals surface area contributed by atoms with Crippen molar-refractivity contribution in [3.05, 3.63) is 58.7 Å². The third kappa shape index (κ3) is 3.86. The molecule has 1 aliphatic rings. The zero-order valence-electron chi connectivity index (χ0n) is 13.4. The standard InChI is InChI=1S/C18H22FN3O/c1-20-10-12-21(13-11-20)7-2-3-8-22-9-6-18(23)16-14-15(19)4-5-17(16)22/h2-6,9,14H,7-8,10-13H2,1H3/b3-2+. The molecule has 1 aliphatic heterocycles. The molecule has 0 aliphatic carbocycles. The smallest absolute Gasteiger partial charge is 0.189 e. The van der Waals surface area contributed by atoms with E-state index in [2.05, 4.69) is 29.0 Å². The Morgan fingerprint density at radius 2 is 1.83 bits per heavy atom. The molecule has 3 rings (SSSR count). The average molecular weight is 315 g/mol. The summed E-state index contributed by atoms with van der Waals surface area (Å²) in [5, 5.41) is 0.431. The van der Waals surface area contributed by atoms with Crippen LogP contribution in [0.5, 0.6) is 0 Å². The van der Waals surface area contributed by atoms with Crippen molar-refractivity contribution in [1.29, 1.82) is 0 Å². The third-order valence-electron chi connectivity index (χ3n) is 4.37. The van der Waals surface area contributed by atoms with Gasteiger partial charge in [0.2, 0.25) is 0 Å². The normalized spacial score (nSPS) is 17.3. The summed E-state index contributed by atoms with van der Waals surface area (Å²) in [6.07, 6.45) is 6.03. The third-order valence-corrected chi connectivity index (χ3v) is 4.37. The summed E-state index contributed by atoms with van der Waals surface area (Å²) in [7, 11) is 2.15. The maximum absolute atomic E-state index is 13.3. The molecule has 0 unspecified atom stereocenters. The minimum atomic E-state index is -0.377. The van der Waals surface area contributed by atoms with Crippen molar-refractivity contribution in [3.8, 4) is 0 Å². The van der Waals surface area contributed by atoms with Crippen molar-refractivity contribution < 1.29 is 4.39 Å². The first kappa shape index (κ1) is 15.9. The molecule has 1 saturated heterocycles. The van der Waals surface area contributed by atoms with Crippen LogP contribution in [-0.2, 0) is 6.54 Å². The molecule has 122 valence electrons. The molecule has 1 aromatic carbocycles. The van der Waals surface area contributed by atoms with E-state index >= 15 is 0 Å². The fourth-order valence-electron chi connectivity index (χ4n) is 2.89. The van der Waals surface area contributed by atoms with Crippen molar-refractivity contribution in [2.45, 2.75) is 6.54 Å². The summed E-state index contributed by atoms with van der Waals surface area (Å²) in [4.78, 5) is 16.6. The SMILES string of the molecule is CN1CCN(C/C=C/Cn2ccc(=O)c3cc(F)ccc32)CC1. The molecule has 0 saturated carbocycles. The Labute approximate surface area is 135 Å². The first-order valence-corrected chi connectivity index (χ1v) is 7.98. The molecular formula is C18H22FN3O. The van der Waals surface area contributed by atoms with Gasteiger partial charge in [-0.2, -0.15) is 0 Å². The number of halogens is 1. The number of rotatable bonds is 4. The van der Waals surface area contributed by atoms with Crippen LogP contribution in [0.3, 0.4) is 0 Å². The van der Waals surface area contributed by atoms with Gasteiger partial charge in [0, 0.05) is 56.9 Å². The van der Waals surface area contributed by atoms with Crippen LogP contribution in [0.25, 0.3) is 10.9 Å². The van der Waals surface area contributed by atoms with Crippen LogP contribution in [0.2, 0.25) is 0 Å². The number of pyridine rings is 1. The summed E-state index contributed by atoms with van der Waals surface area (Å²) in [6, 6.07) is 5.87. The van der Waals surface area contributed by atoms with E-state index in [-0.39, 0.29) is 11.2 Å². The van der Waals surface area contributed by atoms with Gasteiger partial charge >= 0.3 is 0 Å². The van der Waals surface area contributed by atoms with Crippen molar-refractivity contribution in [2.75, 3.05) is 39.8 Å². The zero-order chi connectivity index (χ0) is 16.2. The lowest BCUT2D eigenvalue weighted by atomic mass is 10.2. The van der Waals surface area contributed by atoms with Crippen molar-refractivity contribution in [3.63, 3.8) is 0 Å².